The smallest absolute Gasteiger partial charge is 0.0591 e. The van der Waals surface area contributed by atoms with Crippen molar-refractivity contribution in [2.75, 3.05) is 39.9 Å². The van der Waals surface area contributed by atoms with Gasteiger partial charge in [0.25, 0.3) is 0 Å². The third kappa shape index (κ3) is 5.52. The molecule has 0 aromatic carbocycles. The zero-order valence-electron chi connectivity index (χ0n) is 7.94. The molecule has 1 fully saturated rings. The molecular weight excluding hydrogens is 152 g/mol. The Morgan fingerprint density at radius 1 is 1.25 bits per heavy atom. The van der Waals surface area contributed by atoms with Crippen molar-refractivity contribution >= 4 is 0 Å². The van der Waals surface area contributed by atoms with Crippen LogP contribution < -0.4 is 10.6 Å². The zero-order valence-corrected chi connectivity index (χ0v) is 7.94. The first-order chi connectivity index (χ1) is 5.93. The molecule has 0 spiro atoms. The van der Waals surface area contributed by atoms with Gasteiger partial charge in [0.05, 0.1) is 6.61 Å². The Morgan fingerprint density at radius 2 is 2.08 bits per heavy atom. The molecule has 1 rings (SSSR count). The van der Waals surface area contributed by atoms with Crippen LogP contribution in [0.15, 0.2) is 0 Å². The first-order valence-electron chi connectivity index (χ1n) is 4.86. The van der Waals surface area contributed by atoms with Crippen molar-refractivity contribution in [3.8, 4) is 0 Å². The first-order valence-corrected chi connectivity index (χ1v) is 4.86. The summed E-state index contributed by atoms with van der Waals surface area (Å²) in [5, 5.41) is 6.38. The van der Waals surface area contributed by atoms with Gasteiger partial charge >= 0.3 is 0 Å². The second-order valence-electron chi connectivity index (χ2n) is 3.37. The first kappa shape index (κ1) is 9.96. The Bertz CT molecular complexity index is 105. The third-order valence-electron chi connectivity index (χ3n) is 2.03. The van der Waals surface area contributed by atoms with Crippen LogP contribution in [-0.2, 0) is 4.74 Å². The highest BCUT2D eigenvalue weighted by molar-refractivity contribution is 4.71. The topological polar surface area (TPSA) is 33.3 Å². The third-order valence-corrected chi connectivity index (χ3v) is 2.03. The van der Waals surface area contributed by atoms with Crippen molar-refractivity contribution in [2.24, 2.45) is 5.92 Å². The highest BCUT2D eigenvalue weighted by Crippen LogP contribution is 2.28. The van der Waals surface area contributed by atoms with Crippen LogP contribution in [0.2, 0.25) is 0 Å². The Hall–Kier alpha value is -0.120. The highest BCUT2D eigenvalue weighted by atomic mass is 16.5. The van der Waals surface area contributed by atoms with Crippen molar-refractivity contribution in [1.82, 2.24) is 10.6 Å². The van der Waals surface area contributed by atoms with E-state index in [1.165, 1.54) is 12.8 Å². The van der Waals surface area contributed by atoms with Crippen LogP contribution in [0.5, 0.6) is 0 Å². The molecule has 0 bridgehead atoms. The molecule has 0 heterocycles. The molecule has 3 nitrogen and oxygen atoms in total. The van der Waals surface area contributed by atoms with Gasteiger partial charge < -0.3 is 15.4 Å². The van der Waals surface area contributed by atoms with E-state index in [2.05, 4.69) is 10.6 Å². The number of ether oxygens (including phenoxy) is 1. The molecule has 0 unspecified atom stereocenters. The van der Waals surface area contributed by atoms with Crippen LogP contribution in [0.1, 0.15) is 12.8 Å². The maximum atomic E-state index is 5.45. The van der Waals surface area contributed by atoms with Gasteiger partial charge in [-0.05, 0) is 25.8 Å². The zero-order chi connectivity index (χ0) is 8.65. The summed E-state index contributed by atoms with van der Waals surface area (Å²) < 4.78 is 5.45. The molecule has 0 atom stereocenters. The van der Waals surface area contributed by atoms with Crippen LogP contribution >= 0.6 is 0 Å². The maximum absolute atomic E-state index is 5.45. The fourth-order valence-corrected chi connectivity index (χ4v) is 1.02. The summed E-state index contributed by atoms with van der Waals surface area (Å²) >= 11 is 0. The predicted octanol–water partition coefficient (Wildman–Crippen LogP) is 0.222. The number of likely N-dealkylation sites (N-methyl/N-ethyl adjacent to an activating group) is 1. The fraction of sp³-hybridized carbons (Fsp3) is 1.00. The molecule has 0 saturated heterocycles. The van der Waals surface area contributed by atoms with Gasteiger partial charge in [-0.2, -0.15) is 0 Å². The molecule has 2 N–H and O–H groups in total. The highest BCUT2D eigenvalue weighted by Gasteiger charge is 2.20. The number of hydrogen-bond acceptors (Lipinski definition) is 3. The monoisotopic (exact) mass is 172 g/mol. The van der Waals surface area contributed by atoms with Crippen LogP contribution in [0.4, 0.5) is 0 Å². The summed E-state index contributed by atoms with van der Waals surface area (Å²) in [5.74, 6) is 0.891. The van der Waals surface area contributed by atoms with Gasteiger partial charge in [-0.25, -0.2) is 0 Å². The largest absolute Gasteiger partial charge is 0.380 e. The van der Waals surface area contributed by atoms with E-state index in [1.54, 1.807) is 0 Å². The van der Waals surface area contributed by atoms with E-state index in [0.717, 1.165) is 38.8 Å². The Balaban J connectivity index is 1.65. The Morgan fingerprint density at radius 3 is 2.75 bits per heavy atom. The van der Waals surface area contributed by atoms with Crippen LogP contribution in [-0.4, -0.2) is 39.9 Å². The van der Waals surface area contributed by atoms with Gasteiger partial charge in [-0.1, -0.05) is 0 Å². The van der Waals surface area contributed by atoms with Crippen molar-refractivity contribution < 1.29 is 4.74 Å². The summed E-state index contributed by atoms with van der Waals surface area (Å²) in [4.78, 5) is 0. The lowest BCUT2D eigenvalue weighted by atomic mass is 10.5. The normalized spacial score (nSPS) is 16.8. The standard InChI is InChI=1S/C9H20N2O/c1-10-4-5-11-6-7-12-8-9-2-3-9/h9-11H,2-8H2,1H3. The van der Waals surface area contributed by atoms with E-state index in [-0.39, 0.29) is 0 Å². The molecule has 1 saturated carbocycles. The van der Waals surface area contributed by atoms with Crippen molar-refractivity contribution in [2.45, 2.75) is 12.8 Å². The lowest BCUT2D eigenvalue weighted by molar-refractivity contribution is 0.126. The van der Waals surface area contributed by atoms with Gasteiger partial charge in [-0.15, -0.1) is 0 Å². The summed E-state index contributed by atoms with van der Waals surface area (Å²) in [5.41, 5.74) is 0. The minimum Gasteiger partial charge on any atom is -0.380 e. The molecule has 12 heavy (non-hydrogen) atoms. The number of hydrogen-bond donors (Lipinski definition) is 2. The summed E-state index contributed by atoms with van der Waals surface area (Å²) in [6, 6.07) is 0. The van der Waals surface area contributed by atoms with Crippen molar-refractivity contribution in [3.63, 3.8) is 0 Å². The molecule has 0 aliphatic heterocycles. The molecule has 0 aromatic rings. The Kier molecular flexibility index (Phi) is 5.32. The van der Waals surface area contributed by atoms with Crippen molar-refractivity contribution in [3.05, 3.63) is 0 Å². The van der Waals surface area contributed by atoms with E-state index >= 15 is 0 Å². The quantitative estimate of drug-likeness (QED) is 0.514. The summed E-state index contributed by atoms with van der Waals surface area (Å²) in [7, 11) is 1.96. The van der Waals surface area contributed by atoms with E-state index in [4.69, 9.17) is 4.74 Å². The molecule has 3 heteroatoms. The Labute approximate surface area is 74.9 Å². The van der Waals surface area contributed by atoms with E-state index in [9.17, 15) is 0 Å². The van der Waals surface area contributed by atoms with Crippen LogP contribution in [0.3, 0.4) is 0 Å². The van der Waals surface area contributed by atoms with E-state index in [0.29, 0.717) is 0 Å². The molecule has 1 aliphatic carbocycles. The molecule has 0 aromatic heterocycles. The second kappa shape index (κ2) is 6.40. The molecule has 0 radical (unpaired) electrons. The molecule has 0 amide bonds. The minimum absolute atomic E-state index is 0.861. The van der Waals surface area contributed by atoms with Gasteiger partial charge in [0.1, 0.15) is 0 Å². The van der Waals surface area contributed by atoms with Crippen LogP contribution in [0.25, 0.3) is 0 Å². The number of nitrogens with one attached hydrogen (secondary N) is 2. The van der Waals surface area contributed by atoms with Gasteiger partial charge in [-0.3, -0.25) is 0 Å². The lowest BCUT2D eigenvalue weighted by Crippen LogP contribution is -2.27. The SMILES string of the molecule is CNCCNCCOCC1CC1. The van der Waals surface area contributed by atoms with Gasteiger partial charge in [0, 0.05) is 26.2 Å². The minimum atomic E-state index is 0.861. The van der Waals surface area contributed by atoms with E-state index in [1.807, 2.05) is 7.05 Å². The number of rotatable bonds is 8. The van der Waals surface area contributed by atoms with E-state index < -0.39 is 0 Å². The molecular formula is C9H20N2O. The van der Waals surface area contributed by atoms with Gasteiger partial charge in [0.2, 0.25) is 0 Å². The average Bonchev–Trinajstić information content (AvgIpc) is 2.87. The maximum Gasteiger partial charge on any atom is 0.0591 e. The summed E-state index contributed by atoms with van der Waals surface area (Å²) in [6.45, 7) is 4.88. The molecule has 1 aliphatic rings. The predicted molar refractivity (Wildman–Crippen MR) is 50.3 cm³/mol. The summed E-state index contributed by atoms with van der Waals surface area (Å²) in [6.07, 6.45) is 2.76. The fourth-order valence-electron chi connectivity index (χ4n) is 1.02. The lowest BCUT2D eigenvalue weighted by Gasteiger charge is -2.04. The van der Waals surface area contributed by atoms with Crippen molar-refractivity contribution in [1.29, 1.82) is 0 Å². The van der Waals surface area contributed by atoms with Gasteiger partial charge in [0.15, 0.2) is 0 Å². The molecule has 72 valence electrons. The average molecular weight is 172 g/mol. The van der Waals surface area contributed by atoms with Crippen LogP contribution in [0, 0.1) is 5.92 Å². The second-order valence-corrected chi connectivity index (χ2v) is 3.37.